The Morgan fingerprint density at radius 2 is 1.67 bits per heavy atom. The van der Waals surface area contributed by atoms with Crippen LogP contribution in [0.25, 0.3) is 11.0 Å². The maximum absolute atomic E-state index is 4.73. The quantitative estimate of drug-likeness (QED) is 0.631. The molecule has 0 amide bonds. The van der Waals surface area contributed by atoms with E-state index in [1.54, 1.807) is 11.8 Å². The van der Waals surface area contributed by atoms with E-state index >= 15 is 0 Å². The molecule has 2 nitrogen and oxygen atoms in total. The fourth-order valence-electron chi connectivity index (χ4n) is 2.15. The molecule has 3 aromatic rings. The first-order chi connectivity index (χ1) is 10.3. The van der Waals surface area contributed by atoms with Crippen LogP contribution in [0, 0.1) is 6.92 Å². The molecular formula is C18H22N2S. The molecule has 0 bridgehead atoms. The van der Waals surface area contributed by atoms with Crippen molar-refractivity contribution in [2.24, 2.45) is 0 Å². The van der Waals surface area contributed by atoms with Gasteiger partial charge in [0, 0.05) is 11.4 Å². The normalized spacial score (nSPS) is 10.3. The number of para-hydroxylation sites is 2. The van der Waals surface area contributed by atoms with Crippen molar-refractivity contribution in [2.75, 3.05) is 0 Å². The van der Waals surface area contributed by atoms with Gasteiger partial charge in [-0.1, -0.05) is 55.4 Å². The number of rotatable bonds is 3. The van der Waals surface area contributed by atoms with E-state index in [-0.39, 0.29) is 0 Å². The first kappa shape index (κ1) is 15.6. The van der Waals surface area contributed by atoms with Crippen LogP contribution in [0.15, 0.2) is 58.6 Å². The Labute approximate surface area is 131 Å². The Balaban J connectivity index is 0.000000774. The highest BCUT2D eigenvalue weighted by atomic mass is 32.2. The van der Waals surface area contributed by atoms with Crippen LogP contribution < -0.4 is 0 Å². The van der Waals surface area contributed by atoms with E-state index in [2.05, 4.69) is 60.9 Å². The van der Waals surface area contributed by atoms with Gasteiger partial charge in [-0.05, 0) is 38.1 Å². The smallest absolute Gasteiger partial charge is 0.173 e. The molecule has 21 heavy (non-hydrogen) atoms. The minimum absolute atomic E-state index is 0.939. The molecule has 1 heterocycles. The molecule has 0 aliphatic heterocycles. The van der Waals surface area contributed by atoms with Crippen molar-refractivity contribution in [1.82, 2.24) is 9.55 Å². The standard InChI is InChI=1S/C16H16N2S.C2H6/c1-3-18-15-7-5-4-6-14(15)17-16(18)19-13-10-8-12(2)9-11-13;1-2/h4-11H,3H2,1-2H3;1-2H3. The summed E-state index contributed by atoms with van der Waals surface area (Å²) in [4.78, 5) is 5.96. The summed E-state index contributed by atoms with van der Waals surface area (Å²) in [6.07, 6.45) is 0. The van der Waals surface area contributed by atoms with E-state index < -0.39 is 0 Å². The lowest BCUT2D eigenvalue weighted by Crippen LogP contribution is -1.95. The second kappa shape index (κ2) is 7.32. The Morgan fingerprint density at radius 1 is 1.00 bits per heavy atom. The van der Waals surface area contributed by atoms with Gasteiger partial charge in [0.2, 0.25) is 0 Å². The van der Waals surface area contributed by atoms with Crippen LogP contribution in [-0.4, -0.2) is 9.55 Å². The maximum Gasteiger partial charge on any atom is 0.173 e. The zero-order valence-corrected chi connectivity index (χ0v) is 13.9. The molecule has 0 radical (unpaired) electrons. The van der Waals surface area contributed by atoms with Crippen LogP contribution in [0.2, 0.25) is 0 Å². The lowest BCUT2D eigenvalue weighted by Gasteiger charge is -2.05. The van der Waals surface area contributed by atoms with Crippen LogP contribution in [0.4, 0.5) is 0 Å². The molecular weight excluding hydrogens is 276 g/mol. The molecule has 0 N–H and O–H groups in total. The van der Waals surface area contributed by atoms with Crippen LogP contribution in [0.5, 0.6) is 0 Å². The van der Waals surface area contributed by atoms with E-state index in [1.165, 1.54) is 16.0 Å². The maximum atomic E-state index is 4.73. The van der Waals surface area contributed by atoms with Crippen molar-refractivity contribution in [3.8, 4) is 0 Å². The Morgan fingerprint density at radius 3 is 2.33 bits per heavy atom. The van der Waals surface area contributed by atoms with Crippen molar-refractivity contribution < 1.29 is 0 Å². The zero-order valence-electron chi connectivity index (χ0n) is 13.1. The highest BCUT2D eigenvalue weighted by Crippen LogP contribution is 2.30. The van der Waals surface area contributed by atoms with Crippen molar-refractivity contribution >= 4 is 22.8 Å². The molecule has 0 fully saturated rings. The summed E-state index contributed by atoms with van der Waals surface area (Å²) in [5.74, 6) is 0. The second-order valence-electron chi connectivity index (χ2n) is 4.54. The molecule has 2 aromatic carbocycles. The summed E-state index contributed by atoms with van der Waals surface area (Å²) in [5.41, 5.74) is 3.56. The third-order valence-corrected chi connectivity index (χ3v) is 4.17. The molecule has 0 aliphatic rings. The van der Waals surface area contributed by atoms with E-state index in [0.717, 1.165) is 17.2 Å². The third kappa shape index (κ3) is 3.48. The lowest BCUT2D eigenvalue weighted by molar-refractivity contribution is 0.703. The van der Waals surface area contributed by atoms with Gasteiger partial charge >= 0.3 is 0 Å². The molecule has 1 aromatic heterocycles. The number of nitrogens with zero attached hydrogens (tertiary/aromatic N) is 2. The molecule has 0 spiro atoms. The number of aromatic nitrogens is 2. The van der Waals surface area contributed by atoms with Gasteiger partial charge in [-0.15, -0.1) is 0 Å². The monoisotopic (exact) mass is 298 g/mol. The molecule has 0 atom stereocenters. The number of imidazole rings is 1. The molecule has 0 aliphatic carbocycles. The molecule has 0 saturated heterocycles. The summed E-state index contributed by atoms with van der Waals surface area (Å²) < 4.78 is 2.26. The number of benzene rings is 2. The second-order valence-corrected chi connectivity index (χ2v) is 5.58. The van der Waals surface area contributed by atoms with Crippen molar-refractivity contribution in [3.63, 3.8) is 0 Å². The highest BCUT2D eigenvalue weighted by Gasteiger charge is 2.10. The van der Waals surface area contributed by atoms with Crippen LogP contribution in [0.1, 0.15) is 26.3 Å². The predicted molar refractivity (Wildman–Crippen MR) is 92.1 cm³/mol. The first-order valence-corrected chi connectivity index (χ1v) is 8.29. The van der Waals surface area contributed by atoms with Crippen molar-refractivity contribution in [1.29, 1.82) is 0 Å². The summed E-state index contributed by atoms with van der Waals surface area (Å²) in [6.45, 7) is 9.21. The van der Waals surface area contributed by atoms with Gasteiger partial charge in [-0.3, -0.25) is 0 Å². The van der Waals surface area contributed by atoms with Crippen molar-refractivity contribution in [3.05, 3.63) is 54.1 Å². The Kier molecular flexibility index (Phi) is 5.45. The number of aryl methyl sites for hydroxylation is 2. The highest BCUT2D eigenvalue weighted by molar-refractivity contribution is 7.99. The Hall–Kier alpha value is -1.74. The minimum atomic E-state index is 0.939. The summed E-state index contributed by atoms with van der Waals surface area (Å²) in [5, 5.41) is 1.06. The lowest BCUT2D eigenvalue weighted by atomic mass is 10.2. The van der Waals surface area contributed by atoms with Gasteiger partial charge in [0.05, 0.1) is 11.0 Å². The fourth-order valence-corrected chi connectivity index (χ4v) is 3.11. The SMILES string of the molecule is CC.CCn1c(Sc2ccc(C)cc2)nc2ccccc21. The van der Waals surface area contributed by atoms with Gasteiger partial charge < -0.3 is 4.57 Å². The summed E-state index contributed by atoms with van der Waals surface area (Å²) in [7, 11) is 0. The van der Waals surface area contributed by atoms with Gasteiger partial charge in [-0.25, -0.2) is 4.98 Å². The van der Waals surface area contributed by atoms with Gasteiger partial charge in [0.15, 0.2) is 5.16 Å². The van der Waals surface area contributed by atoms with Crippen LogP contribution >= 0.6 is 11.8 Å². The van der Waals surface area contributed by atoms with Gasteiger partial charge in [-0.2, -0.15) is 0 Å². The average molecular weight is 298 g/mol. The molecule has 3 heteroatoms. The summed E-state index contributed by atoms with van der Waals surface area (Å²) in [6, 6.07) is 16.9. The average Bonchev–Trinajstić information content (AvgIpc) is 2.88. The first-order valence-electron chi connectivity index (χ1n) is 7.47. The Bertz CT molecular complexity index is 699. The molecule has 110 valence electrons. The van der Waals surface area contributed by atoms with Crippen LogP contribution in [0.3, 0.4) is 0 Å². The van der Waals surface area contributed by atoms with E-state index in [1.807, 2.05) is 19.9 Å². The predicted octanol–water partition coefficient (Wildman–Crippen LogP) is 5.54. The number of fused-ring (bicyclic) bond motifs is 1. The van der Waals surface area contributed by atoms with E-state index in [4.69, 9.17) is 4.98 Å². The topological polar surface area (TPSA) is 17.8 Å². The fraction of sp³-hybridized carbons (Fsp3) is 0.278. The van der Waals surface area contributed by atoms with Gasteiger partial charge in [0.25, 0.3) is 0 Å². The molecule has 0 unspecified atom stereocenters. The molecule has 0 saturated carbocycles. The van der Waals surface area contributed by atoms with Crippen LogP contribution in [-0.2, 0) is 6.54 Å². The zero-order chi connectivity index (χ0) is 15.2. The number of hydrogen-bond acceptors (Lipinski definition) is 2. The molecule has 3 rings (SSSR count). The minimum Gasteiger partial charge on any atom is -0.319 e. The number of hydrogen-bond donors (Lipinski definition) is 0. The van der Waals surface area contributed by atoms with E-state index in [0.29, 0.717) is 0 Å². The third-order valence-electron chi connectivity index (χ3n) is 3.17. The van der Waals surface area contributed by atoms with Crippen molar-refractivity contribution in [2.45, 2.75) is 44.3 Å². The largest absolute Gasteiger partial charge is 0.319 e. The summed E-state index contributed by atoms with van der Waals surface area (Å²) >= 11 is 1.73. The van der Waals surface area contributed by atoms with Gasteiger partial charge in [0.1, 0.15) is 0 Å². The van der Waals surface area contributed by atoms with E-state index in [9.17, 15) is 0 Å².